The second-order valence-corrected chi connectivity index (χ2v) is 9.81. The summed E-state index contributed by atoms with van der Waals surface area (Å²) in [6, 6.07) is 20.8. The average molecular weight is 495 g/mol. The molecule has 0 aliphatic carbocycles. The number of para-hydroxylation sites is 1. The Labute approximate surface area is 207 Å². The average Bonchev–Trinajstić information content (AvgIpc) is 3.33. The van der Waals surface area contributed by atoms with Crippen molar-refractivity contribution in [2.75, 3.05) is 11.7 Å². The van der Waals surface area contributed by atoms with Crippen molar-refractivity contribution >= 4 is 40.9 Å². The number of ether oxygens (including phenoxy) is 2. The van der Waals surface area contributed by atoms with Crippen molar-refractivity contribution in [2.24, 2.45) is 5.92 Å². The van der Waals surface area contributed by atoms with E-state index in [2.05, 4.69) is 5.32 Å². The van der Waals surface area contributed by atoms with E-state index in [0.717, 1.165) is 21.7 Å². The van der Waals surface area contributed by atoms with Crippen LogP contribution in [-0.2, 0) is 22.7 Å². The van der Waals surface area contributed by atoms with E-state index in [0.29, 0.717) is 29.6 Å². The minimum atomic E-state index is -0.547. The summed E-state index contributed by atoms with van der Waals surface area (Å²) in [5, 5.41) is 3.03. The Morgan fingerprint density at radius 3 is 2.74 bits per heavy atom. The molecule has 0 fully saturated rings. The fraction of sp³-hybridized carbons (Fsp3) is 0.231. The van der Waals surface area contributed by atoms with Crippen LogP contribution in [-0.4, -0.2) is 23.9 Å². The van der Waals surface area contributed by atoms with Gasteiger partial charge < -0.3 is 19.7 Å². The normalized spacial score (nSPS) is 17.3. The number of nitrogens with one attached hydrogen (secondary N) is 1. The summed E-state index contributed by atoms with van der Waals surface area (Å²) in [5.74, 6) is 0.554. The highest BCUT2D eigenvalue weighted by atomic mass is 35.5. The molecule has 2 atom stereocenters. The Balaban J connectivity index is 1.32. The molecule has 2 aliphatic heterocycles. The number of nitrogens with zero attached hydrogens (tertiary/aromatic N) is 1. The first-order valence-electron chi connectivity index (χ1n) is 11.0. The van der Waals surface area contributed by atoms with Crippen molar-refractivity contribution in [1.29, 1.82) is 0 Å². The molecule has 34 heavy (non-hydrogen) atoms. The number of amides is 2. The number of anilines is 1. The predicted molar refractivity (Wildman–Crippen MR) is 132 cm³/mol. The first-order chi connectivity index (χ1) is 16.5. The summed E-state index contributed by atoms with van der Waals surface area (Å²) in [5.41, 5.74) is 2.60. The first kappa shape index (κ1) is 22.6. The molecule has 8 heteroatoms. The minimum absolute atomic E-state index is 0.102. The van der Waals surface area contributed by atoms with E-state index in [4.69, 9.17) is 21.1 Å². The Morgan fingerprint density at radius 1 is 1.12 bits per heavy atom. The third kappa shape index (κ3) is 4.45. The van der Waals surface area contributed by atoms with E-state index in [-0.39, 0.29) is 18.6 Å². The molecule has 0 saturated heterocycles. The van der Waals surface area contributed by atoms with E-state index >= 15 is 0 Å². The summed E-state index contributed by atoms with van der Waals surface area (Å²) < 4.78 is 10.7. The molecule has 174 valence electrons. The Morgan fingerprint density at radius 2 is 1.88 bits per heavy atom. The van der Waals surface area contributed by atoms with Gasteiger partial charge in [-0.2, -0.15) is 0 Å². The van der Waals surface area contributed by atoms with Gasteiger partial charge >= 0.3 is 0 Å². The molecule has 0 unspecified atom stereocenters. The highest BCUT2D eigenvalue weighted by molar-refractivity contribution is 8.01. The third-order valence-electron chi connectivity index (χ3n) is 5.98. The van der Waals surface area contributed by atoms with E-state index in [1.165, 1.54) is 11.8 Å². The van der Waals surface area contributed by atoms with Crippen LogP contribution in [0.3, 0.4) is 0 Å². The number of benzene rings is 3. The van der Waals surface area contributed by atoms with Crippen molar-refractivity contribution in [3.05, 3.63) is 82.9 Å². The molecule has 3 aromatic carbocycles. The van der Waals surface area contributed by atoms with Crippen molar-refractivity contribution in [2.45, 2.75) is 30.2 Å². The predicted octanol–water partition coefficient (Wildman–Crippen LogP) is 5.03. The molecule has 0 saturated carbocycles. The maximum absolute atomic E-state index is 13.6. The Hall–Kier alpha value is -3.16. The summed E-state index contributed by atoms with van der Waals surface area (Å²) in [7, 11) is 0. The Bertz CT molecular complexity index is 1250. The third-order valence-corrected chi connectivity index (χ3v) is 7.81. The fourth-order valence-electron chi connectivity index (χ4n) is 4.05. The van der Waals surface area contributed by atoms with Gasteiger partial charge in [-0.3, -0.25) is 9.59 Å². The van der Waals surface area contributed by atoms with Crippen LogP contribution in [0.15, 0.2) is 71.6 Å². The summed E-state index contributed by atoms with van der Waals surface area (Å²) in [6.07, 6.45) is 0. The topological polar surface area (TPSA) is 67.9 Å². The lowest BCUT2D eigenvalue weighted by atomic mass is 10.0. The second kappa shape index (κ2) is 9.60. The molecule has 6 nitrogen and oxygen atoms in total. The van der Waals surface area contributed by atoms with Crippen LogP contribution >= 0.6 is 23.4 Å². The van der Waals surface area contributed by atoms with Crippen LogP contribution in [0.4, 0.5) is 5.69 Å². The molecule has 3 aromatic rings. The number of carbonyl (C=O) groups excluding carboxylic acids is 2. The van der Waals surface area contributed by atoms with Gasteiger partial charge in [0.05, 0.1) is 18.2 Å². The molecule has 2 aliphatic rings. The molecule has 2 amide bonds. The van der Waals surface area contributed by atoms with Gasteiger partial charge in [0.15, 0.2) is 11.5 Å². The van der Waals surface area contributed by atoms with Crippen molar-refractivity contribution in [3.63, 3.8) is 0 Å². The number of halogens is 1. The highest BCUT2D eigenvalue weighted by Gasteiger charge is 2.39. The van der Waals surface area contributed by atoms with Gasteiger partial charge in [-0.25, -0.2) is 0 Å². The number of fused-ring (bicyclic) bond motifs is 2. The van der Waals surface area contributed by atoms with Gasteiger partial charge in [0.25, 0.3) is 0 Å². The lowest BCUT2D eigenvalue weighted by Gasteiger charge is -2.36. The zero-order valence-electron chi connectivity index (χ0n) is 18.5. The summed E-state index contributed by atoms with van der Waals surface area (Å²) in [6.45, 7) is 2.69. The quantitative estimate of drug-likeness (QED) is 0.520. The molecule has 1 N–H and O–H groups in total. The van der Waals surface area contributed by atoms with Crippen molar-refractivity contribution < 1.29 is 19.1 Å². The SMILES string of the molecule is C[C@H](C(=O)NCc1ccc2c(c1)OCO2)[C@@H]1Sc2ccccc2N(Cc2ccccc2Cl)C1=O. The van der Waals surface area contributed by atoms with E-state index in [1.807, 2.05) is 66.7 Å². The van der Waals surface area contributed by atoms with E-state index in [1.54, 1.807) is 11.8 Å². The standard InChI is InChI=1S/C26H23ClN2O4S/c1-16(25(30)28-13-17-10-11-21-22(12-17)33-15-32-21)24-26(31)29(14-18-6-2-3-7-19(18)27)20-8-4-5-9-23(20)34-24/h2-12,16,24H,13-15H2,1H3,(H,28,30)/t16-,24-/m0/s1. The monoisotopic (exact) mass is 494 g/mol. The van der Waals surface area contributed by atoms with Crippen LogP contribution < -0.4 is 19.7 Å². The van der Waals surface area contributed by atoms with Gasteiger partial charge in [0, 0.05) is 16.5 Å². The molecule has 2 heterocycles. The highest BCUT2D eigenvalue weighted by Crippen LogP contribution is 2.42. The fourth-order valence-corrected chi connectivity index (χ4v) is 5.53. The van der Waals surface area contributed by atoms with Crippen LogP contribution in [0, 0.1) is 5.92 Å². The number of rotatable bonds is 6. The number of hydrogen-bond donors (Lipinski definition) is 1. The van der Waals surface area contributed by atoms with Crippen molar-refractivity contribution in [1.82, 2.24) is 5.32 Å². The first-order valence-corrected chi connectivity index (χ1v) is 12.2. The van der Waals surface area contributed by atoms with Crippen molar-refractivity contribution in [3.8, 4) is 11.5 Å². The molecular formula is C26H23ClN2O4S. The zero-order chi connectivity index (χ0) is 23.7. The van der Waals surface area contributed by atoms with E-state index in [9.17, 15) is 9.59 Å². The van der Waals surface area contributed by atoms with Gasteiger partial charge in [-0.1, -0.05) is 54.9 Å². The van der Waals surface area contributed by atoms with Crippen LogP contribution in [0.2, 0.25) is 5.02 Å². The number of hydrogen-bond acceptors (Lipinski definition) is 5. The van der Waals surface area contributed by atoms with Gasteiger partial charge in [-0.05, 0) is 41.5 Å². The summed E-state index contributed by atoms with van der Waals surface area (Å²) in [4.78, 5) is 29.4. The molecular weight excluding hydrogens is 472 g/mol. The lowest BCUT2D eigenvalue weighted by Crippen LogP contribution is -2.47. The molecule has 0 spiro atoms. The lowest BCUT2D eigenvalue weighted by molar-refractivity contribution is -0.128. The number of carbonyl (C=O) groups is 2. The largest absolute Gasteiger partial charge is 0.454 e. The van der Waals surface area contributed by atoms with E-state index < -0.39 is 11.2 Å². The minimum Gasteiger partial charge on any atom is -0.454 e. The number of thioether (sulfide) groups is 1. The van der Waals surface area contributed by atoms with Crippen LogP contribution in [0.5, 0.6) is 11.5 Å². The zero-order valence-corrected chi connectivity index (χ0v) is 20.1. The van der Waals surface area contributed by atoms with Gasteiger partial charge in [-0.15, -0.1) is 11.8 Å². The van der Waals surface area contributed by atoms with Gasteiger partial charge in [0.2, 0.25) is 18.6 Å². The Kier molecular flexibility index (Phi) is 6.39. The summed E-state index contributed by atoms with van der Waals surface area (Å²) >= 11 is 7.81. The molecule has 5 rings (SSSR count). The van der Waals surface area contributed by atoms with Crippen LogP contribution in [0.1, 0.15) is 18.1 Å². The molecule has 0 bridgehead atoms. The maximum atomic E-state index is 13.6. The van der Waals surface area contributed by atoms with Crippen LogP contribution in [0.25, 0.3) is 0 Å². The smallest absolute Gasteiger partial charge is 0.241 e. The maximum Gasteiger partial charge on any atom is 0.241 e. The van der Waals surface area contributed by atoms with Gasteiger partial charge in [0.1, 0.15) is 5.25 Å². The molecule has 0 aromatic heterocycles. The molecule has 0 radical (unpaired) electrons. The second-order valence-electron chi connectivity index (χ2n) is 8.22.